The summed E-state index contributed by atoms with van der Waals surface area (Å²) in [4.78, 5) is 11.5. The number of nitrogens with two attached hydrogens (primary N) is 1. The lowest BCUT2D eigenvalue weighted by molar-refractivity contribution is 0.381. The third-order valence-electron chi connectivity index (χ3n) is 3.67. The summed E-state index contributed by atoms with van der Waals surface area (Å²) >= 11 is 0. The summed E-state index contributed by atoms with van der Waals surface area (Å²) in [5.74, 6) is 2.89. The van der Waals surface area contributed by atoms with E-state index in [9.17, 15) is 0 Å². The van der Waals surface area contributed by atoms with E-state index < -0.39 is 0 Å². The molecule has 1 fully saturated rings. The number of rotatable bonds is 2. The Labute approximate surface area is 110 Å². The molecule has 1 saturated heterocycles. The van der Waals surface area contributed by atoms with Crippen LogP contribution in [0.15, 0.2) is 6.07 Å². The number of anilines is 1. The zero-order chi connectivity index (χ0) is 13.3. The Kier molecular flexibility index (Phi) is 3.85. The van der Waals surface area contributed by atoms with Gasteiger partial charge in [-0.05, 0) is 19.3 Å². The molecular formula is C14H24N4. The van der Waals surface area contributed by atoms with Gasteiger partial charge < -0.3 is 10.6 Å². The van der Waals surface area contributed by atoms with Crippen molar-refractivity contribution in [3.63, 3.8) is 0 Å². The van der Waals surface area contributed by atoms with Gasteiger partial charge in [0.15, 0.2) is 0 Å². The Morgan fingerprint density at radius 3 is 2.72 bits per heavy atom. The van der Waals surface area contributed by atoms with E-state index in [0.717, 1.165) is 36.8 Å². The van der Waals surface area contributed by atoms with E-state index in [4.69, 9.17) is 10.7 Å². The van der Waals surface area contributed by atoms with Gasteiger partial charge in [0.05, 0.1) is 0 Å². The zero-order valence-electron chi connectivity index (χ0n) is 11.8. The Morgan fingerprint density at radius 2 is 2.11 bits per heavy atom. The molecule has 0 radical (unpaired) electrons. The third kappa shape index (κ3) is 2.80. The maximum Gasteiger partial charge on any atom is 0.133 e. The fourth-order valence-electron chi connectivity index (χ4n) is 2.37. The van der Waals surface area contributed by atoms with Crippen LogP contribution in [0.1, 0.15) is 44.6 Å². The lowest BCUT2D eigenvalue weighted by Crippen LogP contribution is -2.46. The van der Waals surface area contributed by atoms with Gasteiger partial charge in [0.25, 0.3) is 0 Å². The van der Waals surface area contributed by atoms with Gasteiger partial charge >= 0.3 is 0 Å². The number of piperidine rings is 1. The maximum absolute atomic E-state index is 6.07. The highest BCUT2D eigenvalue weighted by molar-refractivity contribution is 5.40. The van der Waals surface area contributed by atoms with E-state index in [2.05, 4.69) is 36.7 Å². The summed E-state index contributed by atoms with van der Waals surface area (Å²) in [6.45, 7) is 10.5. The van der Waals surface area contributed by atoms with Crippen molar-refractivity contribution in [1.82, 2.24) is 9.97 Å². The predicted molar refractivity (Wildman–Crippen MR) is 74.8 cm³/mol. The number of nitrogens with zero attached hydrogens (tertiary/aromatic N) is 3. The van der Waals surface area contributed by atoms with Gasteiger partial charge in [-0.25, -0.2) is 9.97 Å². The van der Waals surface area contributed by atoms with Gasteiger partial charge in [0.1, 0.15) is 11.6 Å². The Hall–Kier alpha value is -1.16. The molecule has 2 heterocycles. The molecule has 1 aliphatic heterocycles. The molecule has 4 nitrogen and oxygen atoms in total. The van der Waals surface area contributed by atoms with Crippen LogP contribution < -0.4 is 10.6 Å². The standard InChI is InChI=1S/C14H24N4/c1-9(2)14-16-11(4)7-13(17-14)18-6-5-12(15)10(3)8-18/h7,9-10,12H,5-6,8,15H2,1-4H3. The molecule has 0 bridgehead atoms. The van der Waals surface area contributed by atoms with Crippen LogP contribution in [0.2, 0.25) is 0 Å². The summed E-state index contributed by atoms with van der Waals surface area (Å²) in [6.07, 6.45) is 1.04. The number of hydrogen-bond donors (Lipinski definition) is 1. The average Bonchev–Trinajstić information content (AvgIpc) is 2.31. The van der Waals surface area contributed by atoms with Crippen molar-refractivity contribution >= 4 is 5.82 Å². The molecule has 0 amide bonds. The summed E-state index contributed by atoms with van der Waals surface area (Å²) in [5.41, 5.74) is 7.11. The van der Waals surface area contributed by atoms with E-state index in [-0.39, 0.29) is 0 Å². The molecule has 2 rings (SSSR count). The fraction of sp³-hybridized carbons (Fsp3) is 0.714. The minimum absolute atomic E-state index is 0.328. The highest BCUT2D eigenvalue weighted by Crippen LogP contribution is 2.22. The lowest BCUT2D eigenvalue weighted by atomic mass is 9.95. The van der Waals surface area contributed by atoms with Gasteiger partial charge in [0, 0.05) is 36.8 Å². The van der Waals surface area contributed by atoms with E-state index in [0.29, 0.717) is 17.9 Å². The topological polar surface area (TPSA) is 55.0 Å². The number of aryl methyl sites for hydroxylation is 1. The first-order valence-corrected chi connectivity index (χ1v) is 6.83. The van der Waals surface area contributed by atoms with Crippen LogP contribution in [-0.2, 0) is 0 Å². The quantitative estimate of drug-likeness (QED) is 0.870. The molecule has 18 heavy (non-hydrogen) atoms. The summed E-state index contributed by atoms with van der Waals surface area (Å²) in [7, 11) is 0. The molecule has 100 valence electrons. The molecule has 2 unspecified atom stereocenters. The van der Waals surface area contributed by atoms with Gasteiger partial charge in [-0.3, -0.25) is 0 Å². The largest absolute Gasteiger partial charge is 0.356 e. The van der Waals surface area contributed by atoms with Crippen molar-refractivity contribution in [3.05, 3.63) is 17.6 Å². The molecule has 0 saturated carbocycles. The van der Waals surface area contributed by atoms with Crippen molar-refractivity contribution in [2.24, 2.45) is 11.7 Å². The zero-order valence-corrected chi connectivity index (χ0v) is 11.8. The maximum atomic E-state index is 6.07. The molecular weight excluding hydrogens is 224 g/mol. The van der Waals surface area contributed by atoms with E-state index in [1.165, 1.54) is 0 Å². The number of aromatic nitrogens is 2. The van der Waals surface area contributed by atoms with Gasteiger partial charge in [0.2, 0.25) is 0 Å². The fourth-order valence-corrected chi connectivity index (χ4v) is 2.37. The first-order valence-electron chi connectivity index (χ1n) is 6.83. The van der Waals surface area contributed by atoms with Crippen LogP contribution in [0.25, 0.3) is 0 Å². The highest BCUT2D eigenvalue weighted by Gasteiger charge is 2.24. The van der Waals surface area contributed by atoms with Crippen molar-refractivity contribution < 1.29 is 0 Å². The molecule has 1 aliphatic rings. The third-order valence-corrected chi connectivity index (χ3v) is 3.67. The van der Waals surface area contributed by atoms with Crippen LogP contribution in [0.5, 0.6) is 0 Å². The Bertz CT molecular complexity index is 416. The SMILES string of the molecule is Cc1cc(N2CCC(N)C(C)C2)nc(C(C)C)n1. The van der Waals surface area contributed by atoms with E-state index in [1.807, 2.05) is 6.92 Å². The second-order valence-corrected chi connectivity index (χ2v) is 5.76. The van der Waals surface area contributed by atoms with Crippen LogP contribution in [-0.4, -0.2) is 29.1 Å². The van der Waals surface area contributed by atoms with E-state index >= 15 is 0 Å². The molecule has 0 aliphatic carbocycles. The van der Waals surface area contributed by atoms with Gasteiger partial charge in [-0.2, -0.15) is 0 Å². The van der Waals surface area contributed by atoms with Crippen LogP contribution in [0, 0.1) is 12.8 Å². The number of hydrogen-bond acceptors (Lipinski definition) is 4. The normalized spacial score (nSPS) is 24.7. The molecule has 0 aromatic carbocycles. The minimum Gasteiger partial charge on any atom is -0.356 e. The van der Waals surface area contributed by atoms with Crippen molar-refractivity contribution in [2.45, 2.75) is 46.1 Å². The summed E-state index contributed by atoms with van der Waals surface area (Å²) in [6, 6.07) is 2.41. The van der Waals surface area contributed by atoms with Crippen molar-refractivity contribution in [2.75, 3.05) is 18.0 Å². The van der Waals surface area contributed by atoms with Crippen LogP contribution >= 0.6 is 0 Å². The van der Waals surface area contributed by atoms with Crippen LogP contribution in [0.3, 0.4) is 0 Å². The van der Waals surface area contributed by atoms with Crippen molar-refractivity contribution in [3.8, 4) is 0 Å². The summed E-state index contributed by atoms with van der Waals surface area (Å²) in [5, 5.41) is 0. The minimum atomic E-state index is 0.328. The lowest BCUT2D eigenvalue weighted by Gasteiger charge is -2.36. The van der Waals surface area contributed by atoms with E-state index in [1.54, 1.807) is 0 Å². The second kappa shape index (κ2) is 5.22. The average molecular weight is 248 g/mol. The molecule has 2 N–H and O–H groups in total. The smallest absolute Gasteiger partial charge is 0.133 e. The molecule has 1 aromatic heterocycles. The molecule has 0 spiro atoms. The monoisotopic (exact) mass is 248 g/mol. The summed E-state index contributed by atoms with van der Waals surface area (Å²) < 4.78 is 0. The highest BCUT2D eigenvalue weighted by atomic mass is 15.2. The van der Waals surface area contributed by atoms with Crippen LogP contribution in [0.4, 0.5) is 5.82 Å². The Balaban J connectivity index is 2.23. The first kappa shape index (κ1) is 13.3. The molecule has 2 atom stereocenters. The van der Waals surface area contributed by atoms with Gasteiger partial charge in [-0.1, -0.05) is 20.8 Å². The second-order valence-electron chi connectivity index (χ2n) is 5.76. The molecule has 1 aromatic rings. The van der Waals surface area contributed by atoms with Crippen molar-refractivity contribution in [1.29, 1.82) is 0 Å². The predicted octanol–water partition coefficient (Wildman–Crippen LogP) is 2.08. The Morgan fingerprint density at radius 1 is 1.39 bits per heavy atom. The first-order chi connectivity index (χ1) is 8.47. The molecule has 4 heteroatoms. The van der Waals surface area contributed by atoms with Gasteiger partial charge in [-0.15, -0.1) is 0 Å².